The molecule has 0 amide bonds. The summed E-state index contributed by atoms with van der Waals surface area (Å²) in [6.07, 6.45) is 7.56. The molecule has 0 atom stereocenters. The lowest BCUT2D eigenvalue weighted by Gasteiger charge is -2.14. The number of alkyl halides is 2. The lowest BCUT2D eigenvalue weighted by molar-refractivity contribution is 0.901. The summed E-state index contributed by atoms with van der Waals surface area (Å²) in [4.78, 5) is 0. The average molecular weight is 163 g/mol. The first-order chi connectivity index (χ1) is 4.10. The maximum atomic E-state index is 5.73. The third-order valence-corrected chi connectivity index (χ3v) is 1.75. The fourth-order valence-corrected chi connectivity index (χ4v) is 0.971. The lowest BCUT2D eigenvalue weighted by atomic mass is 10.1. The first-order valence-corrected chi connectivity index (χ1v) is 3.62. The molecule has 1 rings (SSSR count). The Morgan fingerprint density at radius 2 is 1.67 bits per heavy atom. The summed E-state index contributed by atoms with van der Waals surface area (Å²) < 4.78 is -0.757. The number of hydrogen-bond donors (Lipinski definition) is 0. The molecular weight excluding hydrogens is 155 g/mol. The van der Waals surface area contributed by atoms with Crippen LogP contribution < -0.4 is 0 Å². The summed E-state index contributed by atoms with van der Waals surface area (Å²) in [5.74, 6) is 0.468. The zero-order chi connectivity index (χ0) is 6.91. The monoisotopic (exact) mass is 162 g/mol. The summed E-state index contributed by atoms with van der Waals surface area (Å²) in [6.45, 7) is 2.08. The van der Waals surface area contributed by atoms with Crippen LogP contribution in [0.4, 0.5) is 0 Å². The molecule has 0 spiro atoms. The van der Waals surface area contributed by atoms with Crippen LogP contribution in [0, 0.1) is 5.92 Å². The average Bonchev–Trinajstić information content (AvgIpc) is 1.78. The van der Waals surface area contributed by atoms with E-state index in [9.17, 15) is 0 Å². The van der Waals surface area contributed by atoms with Crippen LogP contribution in [0.2, 0.25) is 0 Å². The lowest BCUT2D eigenvalue weighted by Crippen LogP contribution is -2.08. The zero-order valence-electron chi connectivity index (χ0n) is 5.14. The fourth-order valence-electron chi connectivity index (χ4n) is 0.680. The van der Waals surface area contributed by atoms with Crippen molar-refractivity contribution in [2.45, 2.75) is 11.3 Å². The molecule has 0 N–H and O–H groups in total. The number of halogens is 2. The highest BCUT2D eigenvalue weighted by Gasteiger charge is 2.18. The molecule has 0 aromatic heterocycles. The molecule has 0 heterocycles. The molecule has 0 fully saturated rings. The Morgan fingerprint density at radius 1 is 1.22 bits per heavy atom. The molecule has 1 aliphatic rings. The van der Waals surface area contributed by atoms with Crippen molar-refractivity contribution in [1.82, 2.24) is 0 Å². The van der Waals surface area contributed by atoms with Crippen molar-refractivity contribution < 1.29 is 0 Å². The highest BCUT2D eigenvalue weighted by Crippen LogP contribution is 2.28. The van der Waals surface area contributed by atoms with Crippen molar-refractivity contribution in [3.8, 4) is 0 Å². The van der Waals surface area contributed by atoms with Gasteiger partial charge in [-0.15, -0.1) is 0 Å². The van der Waals surface area contributed by atoms with Gasteiger partial charge in [0.2, 0.25) is 0 Å². The van der Waals surface area contributed by atoms with E-state index in [1.54, 1.807) is 12.2 Å². The van der Waals surface area contributed by atoms with E-state index in [1.807, 2.05) is 12.2 Å². The Hall–Kier alpha value is 0.0600. The van der Waals surface area contributed by atoms with Crippen molar-refractivity contribution in [3.05, 3.63) is 24.3 Å². The van der Waals surface area contributed by atoms with Crippen LogP contribution in [0.25, 0.3) is 0 Å². The van der Waals surface area contributed by atoms with Crippen molar-refractivity contribution in [1.29, 1.82) is 0 Å². The van der Waals surface area contributed by atoms with Gasteiger partial charge in [-0.25, -0.2) is 0 Å². The Labute approximate surface area is 65.2 Å². The molecule has 0 unspecified atom stereocenters. The standard InChI is InChI=1S/C7H8Cl2/c1-6-2-4-7(8,9)5-3-6/h2-6H,1H3. The quantitative estimate of drug-likeness (QED) is 0.380. The van der Waals surface area contributed by atoms with Crippen LogP contribution in [-0.2, 0) is 0 Å². The van der Waals surface area contributed by atoms with E-state index in [0.717, 1.165) is 0 Å². The Morgan fingerprint density at radius 3 is 2.00 bits per heavy atom. The molecule has 0 aliphatic heterocycles. The molecule has 9 heavy (non-hydrogen) atoms. The summed E-state index contributed by atoms with van der Waals surface area (Å²) in [6, 6.07) is 0. The zero-order valence-corrected chi connectivity index (χ0v) is 6.65. The van der Waals surface area contributed by atoms with Crippen LogP contribution in [0.15, 0.2) is 24.3 Å². The largest absolute Gasteiger partial charge is 0.154 e. The molecule has 2 heteroatoms. The molecule has 0 radical (unpaired) electrons. The predicted molar refractivity (Wildman–Crippen MR) is 41.9 cm³/mol. The van der Waals surface area contributed by atoms with Gasteiger partial charge in [-0.3, -0.25) is 0 Å². The summed E-state index contributed by atoms with van der Waals surface area (Å²) in [5.41, 5.74) is 0. The molecule has 0 nitrogen and oxygen atoms in total. The van der Waals surface area contributed by atoms with Crippen LogP contribution >= 0.6 is 23.2 Å². The molecule has 50 valence electrons. The van der Waals surface area contributed by atoms with Gasteiger partial charge in [0.15, 0.2) is 4.33 Å². The first-order valence-electron chi connectivity index (χ1n) is 2.87. The van der Waals surface area contributed by atoms with E-state index < -0.39 is 4.33 Å². The normalized spacial score (nSPS) is 24.8. The third-order valence-electron chi connectivity index (χ3n) is 1.24. The molecule has 0 saturated carbocycles. The first kappa shape index (κ1) is 7.17. The maximum absolute atomic E-state index is 5.73. The van der Waals surface area contributed by atoms with E-state index in [2.05, 4.69) is 6.92 Å². The van der Waals surface area contributed by atoms with Gasteiger partial charge in [0.25, 0.3) is 0 Å². The second kappa shape index (κ2) is 2.36. The van der Waals surface area contributed by atoms with Crippen molar-refractivity contribution in [2.75, 3.05) is 0 Å². The van der Waals surface area contributed by atoms with Crippen LogP contribution in [-0.4, -0.2) is 4.33 Å². The highest BCUT2D eigenvalue weighted by atomic mass is 35.5. The Kier molecular flexibility index (Phi) is 1.88. The van der Waals surface area contributed by atoms with Crippen molar-refractivity contribution in [3.63, 3.8) is 0 Å². The van der Waals surface area contributed by atoms with Crippen LogP contribution in [0.1, 0.15) is 6.92 Å². The van der Waals surface area contributed by atoms with Gasteiger partial charge in [-0.1, -0.05) is 42.3 Å². The van der Waals surface area contributed by atoms with E-state index in [-0.39, 0.29) is 0 Å². The topological polar surface area (TPSA) is 0 Å². The van der Waals surface area contributed by atoms with Gasteiger partial charge < -0.3 is 0 Å². The summed E-state index contributed by atoms with van der Waals surface area (Å²) >= 11 is 11.5. The minimum atomic E-state index is -0.757. The minimum absolute atomic E-state index is 0.468. The van der Waals surface area contributed by atoms with Gasteiger partial charge >= 0.3 is 0 Å². The Balaban J connectivity index is 2.70. The predicted octanol–water partition coefficient (Wildman–Crippen LogP) is 2.92. The molecule has 1 aliphatic carbocycles. The summed E-state index contributed by atoms with van der Waals surface area (Å²) in [5, 5.41) is 0. The van der Waals surface area contributed by atoms with Crippen molar-refractivity contribution >= 4 is 23.2 Å². The van der Waals surface area contributed by atoms with Gasteiger partial charge in [0, 0.05) is 0 Å². The number of allylic oxidation sites excluding steroid dienone is 4. The Bertz CT molecular complexity index is 140. The summed E-state index contributed by atoms with van der Waals surface area (Å²) in [7, 11) is 0. The molecule has 0 saturated heterocycles. The molecular formula is C7H8Cl2. The molecule has 0 aromatic carbocycles. The van der Waals surface area contributed by atoms with Gasteiger partial charge in [-0.2, -0.15) is 0 Å². The smallest absolute Gasteiger partial charge is 0.0923 e. The highest BCUT2D eigenvalue weighted by molar-refractivity contribution is 6.51. The number of rotatable bonds is 0. The van der Waals surface area contributed by atoms with E-state index in [1.165, 1.54) is 0 Å². The molecule has 0 bridgehead atoms. The second-order valence-electron chi connectivity index (χ2n) is 2.25. The van der Waals surface area contributed by atoms with Crippen LogP contribution in [0.5, 0.6) is 0 Å². The second-order valence-corrected chi connectivity index (χ2v) is 3.70. The van der Waals surface area contributed by atoms with E-state index >= 15 is 0 Å². The SMILES string of the molecule is CC1C=CC(Cl)(Cl)C=C1. The molecule has 0 aromatic rings. The van der Waals surface area contributed by atoms with Gasteiger partial charge in [-0.05, 0) is 18.1 Å². The third kappa shape index (κ3) is 2.04. The van der Waals surface area contributed by atoms with Crippen LogP contribution in [0.3, 0.4) is 0 Å². The number of hydrogen-bond acceptors (Lipinski definition) is 0. The maximum Gasteiger partial charge on any atom is 0.154 e. The fraction of sp³-hybridized carbons (Fsp3) is 0.429. The van der Waals surface area contributed by atoms with Crippen molar-refractivity contribution in [2.24, 2.45) is 5.92 Å². The minimum Gasteiger partial charge on any atom is -0.0923 e. The van der Waals surface area contributed by atoms with E-state index in [4.69, 9.17) is 23.2 Å². The van der Waals surface area contributed by atoms with Gasteiger partial charge in [0.05, 0.1) is 0 Å². The van der Waals surface area contributed by atoms with E-state index in [0.29, 0.717) is 5.92 Å². The van der Waals surface area contributed by atoms with Gasteiger partial charge in [0.1, 0.15) is 0 Å².